The van der Waals surface area contributed by atoms with Crippen molar-refractivity contribution >= 4 is 10.1 Å². The van der Waals surface area contributed by atoms with Crippen LogP contribution >= 0.6 is 0 Å². The molecule has 0 bridgehead atoms. The van der Waals surface area contributed by atoms with Gasteiger partial charge in [0, 0.05) is 6.20 Å². The van der Waals surface area contributed by atoms with E-state index in [0.29, 0.717) is 6.54 Å². The van der Waals surface area contributed by atoms with Crippen LogP contribution in [0, 0.1) is 13.8 Å². The van der Waals surface area contributed by atoms with Gasteiger partial charge in [0.05, 0.1) is 25.1 Å². The Morgan fingerprint density at radius 1 is 1.50 bits per heavy atom. The first-order valence-electron chi connectivity index (χ1n) is 4.23. The molecule has 1 aromatic rings. The molecule has 0 amide bonds. The quantitative estimate of drug-likeness (QED) is 0.689. The molecule has 0 aliphatic carbocycles. The number of rotatable bonds is 4. The summed E-state index contributed by atoms with van der Waals surface area (Å²) in [6, 6.07) is 0. The molecule has 0 unspecified atom stereocenters. The van der Waals surface area contributed by atoms with E-state index >= 15 is 0 Å². The summed E-state index contributed by atoms with van der Waals surface area (Å²) >= 11 is 0. The van der Waals surface area contributed by atoms with Crippen LogP contribution in [0.4, 0.5) is 0 Å². The fourth-order valence-electron chi connectivity index (χ4n) is 1.01. The van der Waals surface area contributed by atoms with Crippen molar-refractivity contribution in [3.8, 4) is 0 Å². The van der Waals surface area contributed by atoms with Crippen LogP contribution < -0.4 is 0 Å². The molecule has 0 spiro atoms. The number of nitrogens with zero attached hydrogens (tertiary/aromatic N) is 2. The van der Waals surface area contributed by atoms with Crippen LogP contribution in [0.15, 0.2) is 6.20 Å². The number of aromatic nitrogens is 2. The van der Waals surface area contributed by atoms with Crippen LogP contribution in [-0.4, -0.2) is 31.1 Å². The Hall–Kier alpha value is -0.880. The predicted molar refractivity (Wildman–Crippen MR) is 52.5 cm³/mol. The van der Waals surface area contributed by atoms with Gasteiger partial charge in [-0.15, -0.1) is 0 Å². The minimum atomic E-state index is -3.34. The zero-order valence-corrected chi connectivity index (χ0v) is 9.34. The van der Waals surface area contributed by atoms with E-state index in [1.54, 1.807) is 4.68 Å². The van der Waals surface area contributed by atoms with Gasteiger partial charge in [-0.3, -0.25) is 8.86 Å². The molecular weight excluding hydrogens is 204 g/mol. The maximum Gasteiger partial charge on any atom is 0.264 e. The van der Waals surface area contributed by atoms with Gasteiger partial charge in [-0.25, -0.2) is 0 Å². The molecule has 0 saturated carbocycles. The second kappa shape index (κ2) is 4.10. The molecule has 14 heavy (non-hydrogen) atoms. The van der Waals surface area contributed by atoms with Crippen LogP contribution in [0.2, 0.25) is 0 Å². The van der Waals surface area contributed by atoms with Crippen molar-refractivity contribution in [3.63, 3.8) is 0 Å². The summed E-state index contributed by atoms with van der Waals surface area (Å²) in [7, 11) is -3.34. The van der Waals surface area contributed by atoms with Crippen molar-refractivity contribution in [2.24, 2.45) is 0 Å². The summed E-state index contributed by atoms with van der Waals surface area (Å²) in [5.41, 5.74) is 2.04. The SMILES string of the molecule is Cc1cn(CCOS(C)(=O)=O)nc1C. The average molecular weight is 218 g/mol. The van der Waals surface area contributed by atoms with Crippen LogP contribution in [0.3, 0.4) is 0 Å². The molecule has 1 heterocycles. The molecule has 0 atom stereocenters. The molecular formula is C8H14N2O3S. The van der Waals surface area contributed by atoms with Crippen molar-refractivity contribution in [1.29, 1.82) is 0 Å². The van der Waals surface area contributed by atoms with Crippen LogP contribution in [0.25, 0.3) is 0 Å². The predicted octanol–water partition coefficient (Wildman–Crippen LogP) is 0.476. The highest BCUT2D eigenvalue weighted by Crippen LogP contribution is 2.02. The Labute approximate surface area is 83.8 Å². The molecule has 80 valence electrons. The second-order valence-corrected chi connectivity index (χ2v) is 4.83. The lowest BCUT2D eigenvalue weighted by Gasteiger charge is -2.00. The van der Waals surface area contributed by atoms with Gasteiger partial charge >= 0.3 is 0 Å². The Morgan fingerprint density at radius 2 is 2.14 bits per heavy atom. The van der Waals surface area contributed by atoms with Gasteiger partial charge in [0.15, 0.2) is 0 Å². The van der Waals surface area contributed by atoms with E-state index in [0.717, 1.165) is 17.5 Å². The third-order valence-electron chi connectivity index (χ3n) is 1.81. The van der Waals surface area contributed by atoms with Gasteiger partial charge in [-0.05, 0) is 19.4 Å². The van der Waals surface area contributed by atoms with Crippen molar-refractivity contribution < 1.29 is 12.6 Å². The minimum absolute atomic E-state index is 0.124. The first-order valence-corrected chi connectivity index (χ1v) is 6.05. The van der Waals surface area contributed by atoms with E-state index in [-0.39, 0.29) is 6.61 Å². The van der Waals surface area contributed by atoms with Crippen LogP contribution in [0.5, 0.6) is 0 Å². The van der Waals surface area contributed by atoms with Gasteiger partial charge in [-0.2, -0.15) is 13.5 Å². The number of hydrogen-bond donors (Lipinski definition) is 0. The highest BCUT2D eigenvalue weighted by atomic mass is 32.2. The van der Waals surface area contributed by atoms with Gasteiger partial charge in [0.1, 0.15) is 0 Å². The monoisotopic (exact) mass is 218 g/mol. The standard InChI is InChI=1S/C8H14N2O3S/c1-7-6-10(9-8(7)2)4-5-13-14(3,11)12/h6H,4-5H2,1-3H3. The number of aryl methyl sites for hydroxylation is 2. The first-order chi connectivity index (χ1) is 6.38. The molecule has 5 nitrogen and oxygen atoms in total. The Morgan fingerprint density at radius 3 is 2.57 bits per heavy atom. The third kappa shape index (κ3) is 3.47. The maximum absolute atomic E-state index is 10.6. The zero-order valence-electron chi connectivity index (χ0n) is 8.52. The lowest BCUT2D eigenvalue weighted by atomic mass is 10.3. The molecule has 6 heteroatoms. The largest absolute Gasteiger partial charge is 0.270 e. The summed E-state index contributed by atoms with van der Waals surface area (Å²) in [5.74, 6) is 0. The molecule has 0 saturated heterocycles. The Kier molecular flexibility index (Phi) is 3.28. The van der Waals surface area contributed by atoms with Crippen molar-refractivity contribution in [2.45, 2.75) is 20.4 Å². The molecule has 1 aromatic heterocycles. The maximum atomic E-state index is 10.6. The molecule has 0 N–H and O–H groups in total. The van der Waals surface area contributed by atoms with Crippen LogP contribution in [-0.2, 0) is 20.8 Å². The highest BCUT2D eigenvalue weighted by Gasteiger charge is 2.03. The summed E-state index contributed by atoms with van der Waals surface area (Å²) in [4.78, 5) is 0. The Bertz CT molecular complexity index is 389. The van der Waals surface area contributed by atoms with E-state index in [2.05, 4.69) is 9.28 Å². The van der Waals surface area contributed by atoms with E-state index in [1.165, 1.54) is 0 Å². The fraction of sp³-hybridized carbons (Fsp3) is 0.625. The van der Waals surface area contributed by atoms with Gasteiger partial charge in [0.2, 0.25) is 0 Å². The molecule has 1 rings (SSSR count). The zero-order chi connectivity index (χ0) is 10.8. The second-order valence-electron chi connectivity index (χ2n) is 3.19. The summed E-state index contributed by atoms with van der Waals surface area (Å²) in [5, 5.41) is 4.17. The van der Waals surface area contributed by atoms with E-state index in [4.69, 9.17) is 0 Å². The molecule has 0 radical (unpaired) electrons. The summed E-state index contributed by atoms with van der Waals surface area (Å²) in [6.45, 7) is 4.43. The molecule has 0 aromatic carbocycles. The fourth-order valence-corrected chi connectivity index (χ4v) is 1.39. The normalized spacial score (nSPS) is 11.9. The first kappa shape index (κ1) is 11.2. The molecule has 0 aliphatic rings. The van der Waals surface area contributed by atoms with Gasteiger partial charge in [-0.1, -0.05) is 0 Å². The Balaban J connectivity index is 2.47. The van der Waals surface area contributed by atoms with Gasteiger partial charge < -0.3 is 0 Å². The third-order valence-corrected chi connectivity index (χ3v) is 2.40. The molecule has 0 aliphatic heterocycles. The van der Waals surface area contributed by atoms with E-state index in [1.807, 2.05) is 20.0 Å². The topological polar surface area (TPSA) is 61.2 Å². The highest BCUT2D eigenvalue weighted by molar-refractivity contribution is 7.85. The van der Waals surface area contributed by atoms with Crippen molar-refractivity contribution in [1.82, 2.24) is 9.78 Å². The van der Waals surface area contributed by atoms with E-state index in [9.17, 15) is 8.42 Å². The lowest BCUT2D eigenvalue weighted by Crippen LogP contribution is -2.10. The average Bonchev–Trinajstić information content (AvgIpc) is 2.28. The summed E-state index contributed by atoms with van der Waals surface area (Å²) < 4.78 is 27.6. The molecule has 0 fully saturated rings. The van der Waals surface area contributed by atoms with Crippen molar-refractivity contribution in [3.05, 3.63) is 17.5 Å². The smallest absolute Gasteiger partial charge is 0.264 e. The number of hydrogen-bond acceptors (Lipinski definition) is 4. The summed E-state index contributed by atoms with van der Waals surface area (Å²) in [6.07, 6.45) is 2.90. The van der Waals surface area contributed by atoms with Crippen molar-refractivity contribution in [2.75, 3.05) is 12.9 Å². The minimum Gasteiger partial charge on any atom is -0.270 e. The van der Waals surface area contributed by atoms with E-state index < -0.39 is 10.1 Å². The lowest BCUT2D eigenvalue weighted by molar-refractivity contribution is 0.297. The van der Waals surface area contributed by atoms with Crippen LogP contribution in [0.1, 0.15) is 11.3 Å². The van der Waals surface area contributed by atoms with Gasteiger partial charge in [0.25, 0.3) is 10.1 Å².